The van der Waals surface area contributed by atoms with Gasteiger partial charge in [-0.25, -0.2) is 0 Å². The largest absolute Gasteiger partial charge is 0.358 e. The molecule has 94 valence electrons. The van der Waals surface area contributed by atoms with E-state index in [0.29, 0.717) is 12.3 Å². The van der Waals surface area contributed by atoms with E-state index in [1.165, 1.54) is 40.6 Å². The molecule has 0 unspecified atom stereocenters. The number of rotatable bonds is 4. The Bertz CT molecular complexity index is 605. The molecule has 1 aliphatic carbocycles. The summed E-state index contributed by atoms with van der Waals surface area (Å²) in [6, 6.07) is 6.56. The normalized spacial score (nSPS) is 15.2. The van der Waals surface area contributed by atoms with Crippen LogP contribution in [0.2, 0.25) is 0 Å². The van der Waals surface area contributed by atoms with Crippen LogP contribution in [0.25, 0.3) is 10.9 Å². The van der Waals surface area contributed by atoms with Gasteiger partial charge in [0.2, 0.25) is 0 Å². The number of fused-ring (bicyclic) bond motifs is 1. The van der Waals surface area contributed by atoms with E-state index in [1.807, 2.05) is 0 Å². The third-order valence-electron chi connectivity index (χ3n) is 3.81. The van der Waals surface area contributed by atoms with Crippen molar-refractivity contribution in [2.75, 3.05) is 0 Å². The number of H-pyrrole nitrogens is 1. The first kappa shape index (κ1) is 11.5. The highest BCUT2D eigenvalue weighted by atomic mass is 16.1. The van der Waals surface area contributed by atoms with Crippen molar-refractivity contribution < 1.29 is 4.79 Å². The Hall–Kier alpha value is -1.57. The minimum Gasteiger partial charge on any atom is -0.358 e. The molecule has 0 amide bonds. The van der Waals surface area contributed by atoms with E-state index in [1.54, 1.807) is 6.92 Å². The van der Waals surface area contributed by atoms with E-state index in [2.05, 4.69) is 30.1 Å². The third-order valence-corrected chi connectivity index (χ3v) is 3.81. The monoisotopic (exact) mass is 241 g/mol. The second kappa shape index (κ2) is 4.27. The molecule has 0 aliphatic heterocycles. The first-order valence-corrected chi connectivity index (χ1v) is 6.75. The van der Waals surface area contributed by atoms with Crippen LogP contribution in [-0.2, 0) is 11.2 Å². The maximum atomic E-state index is 11.2. The minimum absolute atomic E-state index is 0.276. The molecule has 2 heteroatoms. The van der Waals surface area contributed by atoms with Crippen LogP contribution in [0.1, 0.15) is 48.9 Å². The Balaban J connectivity index is 2.06. The van der Waals surface area contributed by atoms with Gasteiger partial charge in [0, 0.05) is 23.0 Å². The van der Waals surface area contributed by atoms with E-state index in [0.717, 1.165) is 6.42 Å². The summed E-state index contributed by atoms with van der Waals surface area (Å²) in [7, 11) is 0. The lowest BCUT2D eigenvalue weighted by molar-refractivity contribution is -0.116. The molecule has 2 nitrogen and oxygen atoms in total. The molecular formula is C16H19NO. The summed E-state index contributed by atoms with van der Waals surface area (Å²) in [6.07, 6.45) is 4.11. The fourth-order valence-corrected chi connectivity index (χ4v) is 2.68. The number of nitrogens with one attached hydrogen (secondary N) is 1. The molecule has 0 bridgehead atoms. The van der Waals surface area contributed by atoms with E-state index in [9.17, 15) is 4.79 Å². The first-order chi connectivity index (χ1) is 8.65. The predicted octanol–water partition coefficient (Wildman–Crippen LogP) is 3.88. The fourth-order valence-electron chi connectivity index (χ4n) is 2.68. The quantitative estimate of drug-likeness (QED) is 0.865. The van der Waals surface area contributed by atoms with Gasteiger partial charge in [0.25, 0.3) is 0 Å². The van der Waals surface area contributed by atoms with Gasteiger partial charge in [-0.2, -0.15) is 0 Å². The molecule has 1 saturated carbocycles. The molecule has 0 spiro atoms. The lowest BCUT2D eigenvalue weighted by atomic mass is 10.0. The zero-order valence-corrected chi connectivity index (χ0v) is 11.0. The molecule has 1 heterocycles. The molecule has 2 aromatic rings. The second-order valence-electron chi connectivity index (χ2n) is 5.54. The van der Waals surface area contributed by atoms with Crippen LogP contribution in [0, 0.1) is 6.92 Å². The van der Waals surface area contributed by atoms with E-state index in [-0.39, 0.29) is 5.78 Å². The summed E-state index contributed by atoms with van der Waals surface area (Å²) in [5, 5.41) is 1.31. The van der Waals surface area contributed by atoms with Crippen molar-refractivity contribution in [1.82, 2.24) is 4.98 Å². The molecule has 0 atom stereocenters. The summed E-state index contributed by atoms with van der Waals surface area (Å²) in [5.74, 6) is 0.984. The second-order valence-corrected chi connectivity index (χ2v) is 5.54. The molecule has 1 N–H and O–H groups in total. The van der Waals surface area contributed by atoms with E-state index in [4.69, 9.17) is 0 Å². The highest BCUT2D eigenvalue weighted by Gasteiger charge is 2.28. The van der Waals surface area contributed by atoms with Gasteiger partial charge >= 0.3 is 0 Å². The molecular weight excluding hydrogens is 222 g/mol. The highest BCUT2D eigenvalue weighted by Crippen LogP contribution is 2.43. The third kappa shape index (κ3) is 2.07. The number of aryl methyl sites for hydroxylation is 2. The lowest BCUT2D eigenvalue weighted by Gasteiger charge is -2.02. The smallest absolute Gasteiger partial charge is 0.130 e. The van der Waals surface area contributed by atoms with Crippen LogP contribution >= 0.6 is 0 Å². The van der Waals surface area contributed by atoms with Crippen LogP contribution in [0.3, 0.4) is 0 Å². The average molecular weight is 241 g/mol. The number of hydrogen-bond acceptors (Lipinski definition) is 1. The van der Waals surface area contributed by atoms with Crippen LogP contribution in [-0.4, -0.2) is 10.8 Å². The van der Waals surface area contributed by atoms with Crippen LogP contribution in [0.5, 0.6) is 0 Å². The SMILES string of the molecule is CC(=O)CCc1c(C2CC2)[nH]c2cc(C)ccc12. The summed E-state index contributed by atoms with van der Waals surface area (Å²) in [6.45, 7) is 3.79. The zero-order valence-electron chi connectivity index (χ0n) is 11.0. The molecule has 1 fully saturated rings. The summed E-state index contributed by atoms with van der Waals surface area (Å²) in [5.41, 5.74) is 5.28. The van der Waals surface area contributed by atoms with Gasteiger partial charge in [-0.3, -0.25) is 0 Å². The molecule has 1 aromatic carbocycles. The van der Waals surface area contributed by atoms with Crippen molar-refractivity contribution in [3.63, 3.8) is 0 Å². The first-order valence-electron chi connectivity index (χ1n) is 6.75. The number of ketones is 1. The molecule has 3 rings (SSSR count). The predicted molar refractivity (Wildman–Crippen MR) is 74.0 cm³/mol. The topological polar surface area (TPSA) is 32.9 Å². The van der Waals surface area contributed by atoms with Crippen molar-refractivity contribution in [2.24, 2.45) is 0 Å². The highest BCUT2D eigenvalue weighted by molar-refractivity contribution is 5.86. The number of aromatic nitrogens is 1. The molecule has 0 saturated heterocycles. The van der Waals surface area contributed by atoms with Gasteiger partial charge in [-0.05, 0) is 56.2 Å². The van der Waals surface area contributed by atoms with Gasteiger partial charge in [-0.15, -0.1) is 0 Å². The Kier molecular flexibility index (Phi) is 2.73. The Morgan fingerprint density at radius 3 is 2.83 bits per heavy atom. The Morgan fingerprint density at radius 2 is 2.17 bits per heavy atom. The van der Waals surface area contributed by atoms with Crippen molar-refractivity contribution in [2.45, 2.75) is 45.4 Å². The Labute approximate surface area is 107 Å². The number of hydrogen-bond donors (Lipinski definition) is 1. The average Bonchev–Trinajstić information content (AvgIpc) is 3.09. The number of carbonyl (C=O) groups excluding carboxylic acids is 1. The molecule has 0 radical (unpaired) electrons. The standard InChI is InChI=1S/C16H19NO/c1-10-3-7-13-14(8-4-11(2)18)16(12-5-6-12)17-15(13)9-10/h3,7,9,12,17H,4-6,8H2,1-2H3. The van der Waals surface area contributed by atoms with Crippen molar-refractivity contribution in [3.05, 3.63) is 35.0 Å². The number of carbonyl (C=O) groups is 1. The van der Waals surface area contributed by atoms with Gasteiger partial charge < -0.3 is 9.78 Å². The van der Waals surface area contributed by atoms with Gasteiger partial charge in [-0.1, -0.05) is 12.1 Å². The van der Waals surface area contributed by atoms with Crippen molar-refractivity contribution in [1.29, 1.82) is 0 Å². The maximum absolute atomic E-state index is 11.2. The minimum atomic E-state index is 0.276. The molecule has 1 aromatic heterocycles. The van der Waals surface area contributed by atoms with Crippen molar-refractivity contribution in [3.8, 4) is 0 Å². The summed E-state index contributed by atoms with van der Waals surface area (Å²) >= 11 is 0. The van der Waals surface area contributed by atoms with E-state index >= 15 is 0 Å². The van der Waals surface area contributed by atoms with E-state index < -0.39 is 0 Å². The number of benzene rings is 1. The van der Waals surface area contributed by atoms with Crippen LogP contribution in [0.4, 0.5) is 0 Å². The molecule has 18 heavy (non-hydrogen) atoms. The molecule has 1 aliphatic rings. The van der Waals surface area contributed by atoms with Crippen LogP contribution in [0.15, 0.2) is 18.2 Å². The Morgan fingerprint density at radius 1 is 1.39 bits per heavy atom. The van der Waals surface area contributed by atoms with Crippen molar-refractivity contribution >= 4 is 16.7 Å². The van der Waals surface area contributed by atoms with Gasteiger partial charge in [0.1, 0.15) is 5.78 Å². The number of aromatic amines is 1. The fraction of sp³-hybridized carbons (Fsp3) is 0.438. The number of Topliss-reactive ketones (excluding diaryl/α,β-unsaturated/α-hetero) is 1. The summed E-state index contributed by atoms with van der Waals surface area (Å²) < 4.78 is 0. The lowest BCUT2D eigenvalue weighted by Crippen LogP contribution is -1.96. The zero-order chi connectivity index (χ0) is 12.7. The van der Waals surface area contributed by atoms with Crippen LogP contribution < -0.4 is 0 Å². The van der Waals surface area contributed by atoms with Gasteiger partial charge in [0.05, 0.1) is 0 Å². The van der Waals surface area contributed by atoms with Gasteiger partial charge in [0.15, 0.2) is 0 Å². The summed E-state index contributed by atoms with van der Waals surface area (Å²) in [4.78, 5) is 14.8. The maximum Gasteiger partial charge on any atom is 0.130 e.